The van der Waals surface area contributed by atoms with Crippen LogP contribution in [0.1, 0.15) is 92.9 Å². The molecule has 2 saturated heterocycles. The van der Waals surface area contributed by atoms with E-state index in [2.05, 4.69) is 41.5 Å². The van der Waals surface area contributed by atoms with Gasteiger partial charge in [0, 0.05) is 18.8 Å². The minimum absolute atomic E-state index is 0.113. The first-order valence-corrected chi connectivity index (χ1v) is 25.7. The zero-order chi connectivity index (χ0) is 41.2. The van der Waals surface area contributed by atoms with Crippen LogP contribution >= 0.6 is 0 Å². The molecule has 12 nitrogen and oxygen atoms in total. The maximum Gasteiger partial charge on any atom is 0.509 e. The average Bonchev–Trinajstić information content (AvgIpc) is 3.55. The van der Waals surface area contributed by atoms with Crippen molar-refractivity contribution < 1.29 is 56.8 Å². The summed E-state index contributed by atoms with van der Waals surface area (Å²) in [5.74, 6) is -2.89. The molecule has 6 rings (SSSR count). The fraction of sp³-hybridized carbons (Fsp3) is 0.714. The van der Waals surface area contributed by atoms with Gasteiger partial charge in [0.15, 0.2) is 40.2 Å². The highest BCUT2D eigenvalue weighted by molar-refractivity contribution is 6.74. The molecule has 2 aliphatic heterocycles. The Labute approximate surface area is 333 Å². The summed E-state index contributed by atoms with van der Waals surface area (Å²) in [6, 6.07) is 13.0. The van der Waals surface area contributed by atoms with Crippen molar-refractivity contribution in [2.45, 2.75) is 167 Å². The van der Waals surface area contributed by atoms with Gasteiger partial charge in [0.25, 0.3) is 0 Å². The third kappa shape index (κ3) is 6.01. The van der Waals surface area contributed by atoms with E-state index in [-0.39, 0.29) is 24.4 Å². The first-order chi connectivity index (χ1) is 26.4. The van der Waals surface area contributed by atoms with Crippen molar-refractivity contribution in [3.05, 3.63) is 47.0 Å². The van der Waals surface area contributed by atoms with Crippen LogP contribution in [0, 0.1) is 16.7 Å². The van der Waals surface area contributed by atoms with Crippen molar-refractivity contribution in [3.63, 3.8) is 0 Å². The molecule has 1 aromatic carbocycles. The van der Waals surface area contributed by atoms with Crippen LogP contribution in [0.3, 0.4) is 0 Å². The number of benzene rings is 1. The summed E-state index contributed by atoms with van der Waals surface area (Å²) in [6.45, 7) is 21.1. The highest BCUT2D eigenvalue weighted by Crippen LogP contribution is 2.67. The van der Waals surface area contributed by atoms with E-state index in [1.165, 1.54) is 6.92 Å². The van der Waals surface area contributed by atoms with Gasteiger partial charge in [-0.05, 0) is 73.4 Å². The predicted octanol–water partition coefficient (Wildman–Crippen LogP) is 7.29. The molecule has 1 unspecified atom stereocenters. The van der Waals surface area contributed by atoms with Crippen molar-refractivity contribution in [1.29, 1.82) is 0 Å². The Hall–Kier alpha value is -2.89. The Bertz CT molecular complexity index is 1720. The molecule has 4 fully saturated rings. The Morgan fingerprint density at radius 3 is 1.98 bits per heavy atom. The lowest BCUT2D eigenvalue weighted by Gasteiger charge is -2.68. The highest BCUT2D eigenvalue weighted by Gasteiger charge is 2.83. The van der Waals surface area contributed by atoms with Gasteiger partial charge in [-0.15, -0.1) is 0 Å². The number of Topliss-reactive ketones (excluding diaryl/α,β-unsaturated/α-hetero) is 1. The van der Waals surface area contributed by atoms with Gasteiger partial charge in [-0.2, -0.15) is 0 Å². The van der Waals surface area contributed by atoms with E-state index in [9.17, 15) is 19.5 Å². The van der Waals surface area contributed by atoms with Gasteiger partial charge in [-0.3, -0.25) is 9.59 Å². The molecule has 2 bridgehead atoms. The second kappa shape index (κ2) is 15.1. The summed E-state index contributed by atoms with van der Waals surface area (Å²) in [5.41, 5.74) is -5.31. The lowest BCUT2D eigenvalue weighted by Crippen LogP contribution is -2.83. The van der Waals surface area contributed by atoms with Gasteiger partial charge in [-0.25, -0.2) is 9.59 Å². The van der Waals surface area contributed by atoms with Crippen molar-refractivity contribution in [2.24, 2.45) is 16.7 Å². The summed E-state index contributed by atoms with van der Waals surface area (Å²) < 4.78 is 46.7. The van der Waals surface area contributed by atoms with Gasteiger partial charge in [0.2, 0.25) is 5.60 Å². The number of carbonyl (C=O) groups excluding carboxylic acids is 4. The zero-order valence-corrected chi connectivity index (χ0v) is 37.0. The molecule has 2 heterocycles. The van der Waals surface area contributed by atoms with Crippen LogP contribution in [0.5, 0.6) is 0 Å². The van der Waals surface area contributed by atoms with E-state index in [0.717, 1.165) is 36.3 Å². The monoisotopic (exact) mass is 814 g/mol. The quantitative estimate of drug-likeness (QED) is 0.0921. The van der Waals surface area contributed by atoms with Crippen molar-refractivity contribution >= 4 is 40.5 Å². The maximum atomic E-state index is 16.5. The molecular formula is C42H62O12Si2. The molecule has 0 aromatic heterocycles. The Morgan fingerprint density at radius 1 is 0.893 bits per heavy atom. The zero-order valence-electron chi connectivity index (χ0n) is 35.0. The number of rotatable bonds is 13. The number of fused-ring (bicyclic) bond motifs is 4. The van der Waals surface area contributed by atoms with Gasteiger partial charge in [-0.1, -0.05) is 73.6 Å². The van der Waals surface area contributed by atoms with E-state index in [1.807, 2.05) is 20.8 Å². The SMILES string of the molecule is CC[Si](CC)(CC)O[C@H]1C(=O)[C@@]2(C)C([C@H](OC(=O)c3ccccc3)[C@]34OC(=O)O[C@H]3[C@H](O)C(C)=C1C4(C)C)[C@]1(OC(C)=O)CO[C@@H]1C[C@@H]2O[Si](CC)(CC)CC. The molecule has 3 aliphatic carbocycles. The van der Waals surface area contributed by atoms with Crippen LogP contribution < -0.4 is 0 Å². The largest absolute Gasteiger partial charge is 0.509 e. The number of ether oxygens (including phenoxy) is 5. The van der Waals surface area contributed by atoms with Crippen LogP contribution in [0.4, 0.5) is 4.79 Å². The lowest BCUT2D eigenvalue weighted by molar-refractivity contribution is -0.344. The number of carbonyl (C=O) groups is 4. The molecule has 1 spiro atoms. The number of aliphatic hydroxyl groups excluding tert-OH is 1. The maximum absolute atomic E-state index is 16.5. The van der Waals surface area contributed by atoms with Crippen molar-refractivity contribution in [3.8, 4) is 0 Å². The second-order valence-electron chi connectivity index (χ2n) is 17.3. The Morgan fingerprint density at radius 2 is 1.46 bits per heavy atom. The third-order valence-electron chi connectivity index (χ3n) is 15.0. The van der Waals surface area contributed by atoms with Gasteiger partial charge in [0.05, 0.1) is 29.6 Å². The Kier molecular flexibility index (Phi) is 11.5. The number of hydrogen-bond donors (Lipinski definition) is 1. The van der Waals surface area contributed by atoms with Crippen LogP contribution in [0.2, 0.25) is 36.3 Å². The summed E-state index contributed by atoms with van der Waals surface area (Å²) in [6.07, 6.45) is -7.96. The molecular weight excluding hydrogens is 753 g/mol. The van der Waals surface area contributed by atoms with Gasteiger partial charge < -0.3 is 37.6 Å². The molecule has 14 heteroatoms. The summed E-state index contributed by atoms with van der Waals surface area (Å²) >= 11 is 0. The molecule has 310 valence electrons. The Balaban J connectivity index is 1.76. The van der Waals surface area contributed by atoms with Crippen LogP contribution in [-0.4, -0.2) is 100 Å². The number of aliphatic hydroxyl groups is 1. The van der Waals surface area contributed by atoms with Crippen LogP contribution in [0.15, 0.2) is 41.5 Å². The van der Waals surface area contributed by atoms with Crippen molar-refractivity contribution in [1.82, 2.24) is 0 Å². The summed E-state index contributed by atoms with van der Waals surface area (Å²) in [5, 5.41) is 12.3. The topological polar surface area (TPSA) is 153 Å². The molecule has 1 aromatic rings. The molecule has 0 radical (unpaired) electrons. The van der Waals surface area contributed by atoms with Crippen LogP contribution in [0.25, 0.3) is 0 Å². The minimum Gasteiger partial charge on any atom is -0.454 e. The molecule has 0 amide bonds. The number of ketones is 1. The molecule has 5 aliphatic rings. The summed E-state index contributed by atoms with van der Waals surface area (Å²) in [7, 11) is -5.14. The smallest absolute Gasteiger partial charge is 0.454 e. The molecule has 1 N–H and O–H groups in total. The van der Waals surface area contributed by atoms with E-state index < -0.39 is 99.3 Å². The van der Waals surface area contributed by atoms with E-state index in [0.29, 0.717) is 11.1 Å². The van der Waals surface area contributed by atoms with E-state index in [1.54, 1.807) is 37.3 Å². The van der Waals surface area contributed by atoms with Gasteiger partial charge in [0.1, 0.15) is 18.3 Å². The lowest BCUT2D eigenvalue weighted by atomic mass is 9.44. The van der Waals surface area contributed by atoms with E-state index in [4.69, 9.17) is 32.5 Å². The van der Waals surface area contributed by atoms with Crippen molar-refractivity contribution in [2.75, 3.05) is 6.61 Å². The summed E-state index contributed by atoms with van der Waals surface area (Å²) in [4.78, 5) is 58.1. The fourth-order valence-electron chi connectivity index (χ4n) is 11.2. The van der Waals surface area contributed by atoms with Gasteiger partial charge >= 0.3 is 18.1 Å². The number of hydrogen-bond acceptors (Lipinski definition) is 12. The normalized spacial score (nSPS) is 36.1. The number of esters is 2. The van der Waals surface area contributed by atoms with E-state index >= 15 is 4.79 Å². The molecule has 2 saturated carbocycles. The average molecular weight is 815 g/mol. The first kappa shape index (κ1) is 42.7. The minimum atomic E-state index is -2.64. The molecule has 56 heavy (non-hydrogen) atoms. The standard InChI is InChI=1S/C42H62O12Si2/c1-12-55(13-2,14-3)53-28-23-29-41(24-48-29,51-26(8)43)33-36(49-37(46)27-21-19-18-20-22-27)42-35(50-38(47)52-42)31(44)25(7)30(39(42,9)10)32(34(45)40(28,33)11)54-56(15-4,16-5)17-6/h18-22,28-29,31-33,35-36,44H,12-17,23-24H2,1-11H3/t28-,29+,31+,32+,33?,35-,36-,40+,41-,42+/m0/s1. The highest BCUT2D eigenvalue weighted by atomic mass is 28.4. The first-order valence-electron chi connectivity index (χ1n) is 20.6. The third-order valence-corrected chi connectivity index (χ3v) is 24.2. The fourth-order valence-corrected chi connectivity index (χ4v) is 16.9. The second-order valence-corrected chi connectivity index (χ2v) is 26.8. The predicted molar refractivity (Wildman–Crippen MR) is 212 cm³/mol. The molecule has 10 atom stereocenters. The van der Waals surface area contributed by atoms with Crippen LogP contribution in [-0.2, 0) is 42.1 Å².